The van der Waals surface area contributed by atoms with Crippen LogP contribution in [0.15, 0.2) is 0 Å². The molecular formula is C30H58N2O. The Morgan fingerprint density at radius 1 is 0.667 bits per heavy atom. The van der Waals surface area contributed by atoms with E-state index in [-0.39, 0.29) is 0 Å². The number of unbranched alkanes of at least 4 members (excludes halogenated alkanes) is 8. The highest BCUT2D eigenvalue weighted by molar-refractivity contribution is 5.79. The fourth-order valence-corrected chi connectivity index (χ4v) is 6.27. The van der Waals surface area contributed by atoms with Gasteiger partial charge in [-0.2, -0.15) is 0 Å². The van der Waals surface area contributed by atoms with E-state index in [0.717, 1.165) is 43.7 Å². The standard InChI is InChI=1S/C30H58N2O/c1-5-8-11-13-14-17-26(4)18-16-21-31-22-28-24-32(25-29(28)23-31)30(33)27(19-10-7-3)20-15-12-9-6-2/h26-29H,5-25H2,1-4H3. The van der Waals surface area contributed by atoms with Gasteiger partial charge in [-0.05, 0) is 50.0 Å². The Bertz CT molecular complexity index is 494. The molecule has 2 heterocycles. The van der Waals surface area contributed by atoms with Crippen LogP contribution >= 0.6 is 0 Å². The van der Waals surface area contributed by atoms with Gasteiger partial charge in [0.25, 0.3) is 0 Å². The van der Waals surface area contributed by atoms with E-state index >= 15 is 0 Å². The fraction of sp³-hybridized carbons (Fsp3) is 0.967. The van der Waals surface area contributed by atoms with Gasteiger partial charge < -0.3 is 9.80 Å². The van der Waals surface area contributed by atoms with Crippen LogP contribution in [0.4, 0.5) is 0 Å². The highest BCUT2D eigenvalue weighted by Gasteiger charge is 2.42. The summed E-state index contributed by atoms with van der Waals surface area (Å²) in [4.78, 5) is 18.3. The van der Waals surface area contributed by atoms with Crippen LogP contribution in [0.5, 0.6) is 0 Å². The monoisotopic (exact) mass is 462 g/mol. The number of amides is 1. The van der Waals surface area contributed by atoms with E-state index in [1.807, 2.05) is 0 Å². The number of fused-ring (bicyclic) bond motifs is 1. The second kappa shape index (κ2) is 17.0. The van der Waals surface area contributed by atoms with Gasteiger partial charge in [-0.1, -0.05) is 105 Å². The average Bonchev–Trinajstić information content (AvgIpc) is 3.37. The van der Waals surface area contributed by atoms with E-state index in [1.54, 1.807) is 0 Å². The molecule has 33 heavy (non-hydrogen) atoms. The lowest BCUT2D eigenvalue weighted by atomic mass is 9.94. The molecule has 0 aromatic carbocycles. The minimum atomic E-state index is 0.292. The first kappa shape index (κ1) is 28.7. The predicted molar refractivity (Wildman–Crippen MR) is 144 cm³/mol. The summed E-state index contributed by atoms with van der Waals surface area (Å²) in [5.41, 5.74) is 0. The molecule has 0 radical (unpaired) electrons. The molecule has 3 heteroatoms. The number of rotatable bonds is 19. The number of hydrogen-bond acceptors (Lipinski definition) is 2. The van der Waals surface area contributed by atoms with Crippen LogP contribution in [0, 0.1) is 23.7 Å². The maximum atomic E-state index is 13.3. The smallest absolute Gasteiger partial charge is 0.225 e. The summed E-state index contributed by atoms with van der Waals surface area (Å²) in [5, 5.41) is 0. The molecule has 2 aliphatic heterocycles. The second-order valence-corrected chi connectivity index (χ2v) is 11.7. The quantitative estimate of drug-likeness (QED) is 0.182. The van der Waals surface area contributed by atoms with Crippen molar-refractivity contribution in [3.63, 3.8) is 0 Å². The van der Waals surface area contributed by atoms with Crippen molar-refractivity contribution in [1.29, 1.82) is 0 Å². The van der Waals surface area contributed by atoms with Crippen molar-refractivity contribution >= 4 is 5.91 Å². The first-order valence-corrected chi connectivity index (χ1v) is 15.1. The van der Waals surface area contributed by atoms with Crippen molar-refractivity contribution in [3.8, 4) is 0 Å². The van der Waals surface area contributed by atoms with Gasteiger partial charge in [-0.3, -0.25) is 4.79 Å². The zero-order valence-electron chi connectivity index (χ0n) is 23.0. The van der Waals surface area contributed by atoms with Crippen molar-refractivity contribution in [2.45, 2.75) is 130 Å². The number of likely N-dealkylation sites (tertiary alicyclic amines) is 2. The molecule has 0 aliphatic carbocycles. The Morgan fingerprint density at radius 2 is 1.18 bits per heavy atom. The van der Waals surface area contributed by atoms with Crippen LogP contribution in [0.3, 0.4) is 0 Å². The van der Waals surface area contributed by atoms with E-state index < -0.39 is 0 Å². The minimum absolute atomic E-state index is 0.292. The Labute approximate surface area is 207 Å². The number of nitrogens with zero attached hydrogens (tertiary/aromatic N) is 2. The van der Waals surface area contributed by atoms with Crippen LogP contribution in [0.1, 0.15) is 130 Å². The summed E-state index contributed by atoms with van der Waals surface area (Å²) >= 11 is 0. The van der Waals surface area contributed by atoms with Crippen molar-refractivity contribution in [2.24, 2.45) is 23.7 Å². The summed E-state index contributed by atoms with van der Waals surface area (Å²) in [6, 6.07) is 0. The van der Waals surface area contributed by atoms with Crippen molar-refractivity contribution in [1.82, 2.24) is 9.80 Å². The molecule has 0 aromatic heterocycles. The second-order valence-electron chi connectivity index (χ2n) is 11.7. The van der Waals surface area contributed by atoms with Crippen LogP contribution in [0.25, 0.3) is 0 Å². The molecule has 0 bridgehead atoms. The minimum Gasteiger partial charge on any atom is -0.342 e. The van der Waals surface area contributed by atoms with E-state index in [9.17, 15) is 4.79 Å². The Kier molecular flexibility index (Phi) is 14.7. The van der Waals surface area contributed by atoms with Crippen molar-refractivity contribution < 1.29 is 4.79 Å². The lowest BCUT2D eigenvalue weighted by Gasteiger charge is -2.26. The van der Waals surface area contributed by atoms with E-state index in [1.165, 1.54) is 110 Å². The summed E-state index contributed by atoms with van der Waals surface area (Å²) in [6.45, 7) is 15.1. The Hall–Kier alpha value is -0.570. The maximum absolute atomic E-state index is 13.3. The molecule has 2 saturated heterocycles. The Balaban J connectivity index is 1.64. The lowest BCUT2D eigenvalue weighted by Crippen LogP contribution is -2.37. The average molecular weight is 463 g/mol. The third kappa shape index (κ3) is 10.7. The van der Waals surface area contributed by atoms with Gasteiger partial charge in [-0.25, -0.2) is 0 Å². The van der Waals surface area contributed by atoms with Gasteiger partial charge >= 0.3 is 0 Å². The largest absolute Gasteiger partial charge is 0.342 e. The molecular weight excluding hydrogens is 404 g/mol. The highest BCUT2D eigenvalue weighted by atomic mass is 16.2. The van der Waals surface area contributed by atoms with Crippen LogP contribution < -0.4 is 0 Å². The van der Waals surface area contributed by atoms with E-state index in [2.05, 4.69) is 37.5 Å². The van der Waals surface area contributed by atoms with E-state index in [0.29, 0.717) is 11.8 Å². The summed E-state index contributed by atoms with van der Waals surface area (Å²) in [7, 11) is 0. The maximum Gasteiger partial charge on any atom is 0.225 e. The Morgan fingerprint density at radius 3 is 1.82 bits per heavy atom. The molecule has 2 aliphatic rings. The zero-order valence-corrected chi connectivity index (χ0v) is 23.0. The number of carbonyl (C=O) groups excluding carboxylic acids is 1. The topological polar surface area (TPSA) is 23.6 Å². The predicted octanol–water partition coefficient (Wildman–Crippen LogP) is 7.93. The molecule has 4 unspecified atom stereocenters. The number of hydrogen-bond donors (Lipinski definition) is 0. The van der Waals surface area contributed by atoms with Gasteiger partial charge in [0, 0.05) is 32.1 Å². The number of carbonyl (C=O) groups is 1. The van der Waals surface area contributed by atoms with Gasteiger partial charge in [0.05, 0.1) is 0 Å². The molecule has 0 N–H and O–H groups in total. The van der Waals surface area contributed by atoms with Crippen LogP contribution in [0.2, 0.25) is 0 Å². The fourth-order valence-electron chi connectivity index (χ4n) is 6.27. The van der Waals surface area contributed by atoms with Gasteiger partial charge in [-0.15, -0.1) is 0 Å². The highest BCUT2D eigenvalue weighted by Crippen LogP contribution is 2.33. The molecule has 1 amide bonds. The van der Waals surface area contributed by atoms with Crippen molar-refractivity contribution in [2.75, 3.05) is 32.7 Å². The van der Waals surface area contributed by atoms with Crippen LogP contribution in [-0.4, -0.2) is 48.4 Å². The molecule has 0 saturated carbocycles. The first-order chi connectivity index (χ1) is 16.1. The first-order valence-electron chi connectivity index (χ1n) is 15.1. The molecule has 194 valence electrons. The molecule has 2 fully saturated rings. The third-order valence-electron chi connectivity index (χ3n) is 8.51. The normalized spacial score (nSPS) is 22.6. The van der Waals surface area contributed by atoms with Crippen LogP contribution in [-0.2, 0) is 4.79 Å². The van der Waals surface area contributed by atoms with E-state index in [4.69, 9.17) is 0 Å². The van der Waals surface area contributed by atoms with Gasteiger partial charge in [0.15, 0.2) is 0 Å². The zero-order chi connectivity index (χ0) is 23.9. The summed E-state index contributed by atoms with van der Waals surface area (Å²) in [5.74, 6) is 3.14. The van der Waals surface area contributed by atoms with Crippen molar-refractivity contribution in [3.05, 3.63) is 0 Å². The summed E-state index contributed by atoms with van der Waals surface area (Å²) < 4.78 is 0. The third-order valence-corrected chi connectivity index (χ3v) is 8.51. The molecule has 3 nitrogen and oxygen atoms in total. The SMILES string of the molecule is CCCCCCCC(C)CCCN1CC2CN(C(=O)C(CCCC)CCCCCC)CC2C1. The molecule has 4 atom stereocenters. The molecule has 0 spiro atoms. The van der Waals surface area contributed by atoms with Gasteiger partial charge in [0.2, 0.25) is 5.91 Å². The molecule has 0 aromatic rings. The van der Waals surface area contributed by atoms with Gasteiger partial charge in [0.1, 0.15) is 0 Å². The lowest BCUT2D eigenvalue weighted by molar-refractivity contribution is -0.135. The molecule has 2 rings (SSSR count). The summed E-state index contributed by atoms with van der Waals surface area (Å²) in [6.07, 6.45) is 21.0.